The number of nitrogens with two attached hydrogens (primary N) is 1. The van der Waals surface area contributed by atoms with Gasteiger partial charge >= 0.3 is 0 Å². The van der Waals surface area contributed by atoms with Crippen LogP contribution in [0.5, 0.6) is 5.75 Å². The lowest BCUT2D eigenvalue weighted by Gasteiger charge is -2.18. The van der Waals surface area contributed by atoms with Crippen molar-refractivity contribution in [2.24, 2.45) is 5.73 Å². The normalized spacial score (nSPS) is 12.3. The van der Waals surface area contributed by atoms with Gasteiger partial charge < -0.3 is 10.5 Å². The number of allylic oxidation sites excluding steroid dienone is 1. The number of hydrogen-bond donors (Lipinski definition) is 1. The van der Waals surface area contributed by atoms with Crippen LogP contribution in [0, 0.1) is 0 Å². The van der Waals surface area contributed by atoms with Gasteiger partial charge in [0, 0.05) is 11.6 Å². The van der Waals surface area contributed by atoms with Crippen LogP contribution in [0.25, 0.3) is 10.8 Å². The first-order chi connectivity index (χ1) is 9.27. The topological polar surface area (TPSA) is 35.2 Å². The molecule has 0 radical (unpaired) electrons. The van der Waals surface area contributed by atoms with Crippen LogP contribution in [0.3, 0.4) is 0 Å². The van der Waals surface area contributed by atoms with E-state index >= 15 is 0 Å². The SMILES string of the molecule is C=CCC[C@H](N)c1c(OCC)ccc2ccccc12. The van der Waals surface area contributed by atoms with E-state index in [4.69, 9.17) is 10.5 Å². The van der Waals surface area contributed by atoms with Crippen molar-refractivity contribution in [3.63, 3.8) is 0 Å². The molecule has 2 aromatic rings. The molecule has 0 saturated heterocycles. The van der Waals surface area contributed by atoms with E-state index in [1.165, 1.54) is 10.8 Å². The van der Waals surface area contributed by atoms with Gasteiger partial charge in [-0.3, -0.25) is 0 Å². The third-order valence-electron chi connectivity index (χ3n) is 3.28. The summed E-state index contributed by atoms with van der Waals surface area (Å²) in [6.07, 6.45) is 3.71. The average molecular weight is 255 g/mol. The highest BCUT2D eigenvalue weighted by Crippen LogP contribution is 2.34. The van der Waals surface area contributed by atoms with Crippen molar-refractivity contribution < 1.29 is 4.74 Å². The molecule has 0 aliphatic heterocycles. The van der Waals surface area contributed by atoms with Crippen LogP contribution in [0.1, 0.15) is 31.4 Å². The lowest BCUT2D eigenvalue weighted by Crippen LogP contribution is -2.12. The van der Waals surface area contributed by atoms with E-state index in [9.17, 15) is 0 Å². The minimum atomic E-state index is -0.0225. The first-order valence-corrected chi connectivity index (χ1v) is 6.78. The third kappa shape index (κ3) is 2.96. The molecule has 0 amide bonds. The fraction of sp³-hybridized carbons (Fsp3) is 0.294. The van der Waals surface area contributed by atoms with Crippen molar-refractivity contribution in [1.82, 2.24) is 0 Å². The molecule has 0 aliphatic carbocycles. The average Bonchev–Trinajstić information content (AvgIpc) is 2.45. The predicted molar refractivity (Wildman–Crippen MR) is 81.5 cm³/mol. The van der Waals surface area contributed by atoms with Gasteiger partial charge in [-0.2, -0.15) is 0 Å². The molecular weight excluding hydrogens is 234 g/mol. The van der Waals surface area contributed by atoms with Gasteiger partial charge in [-0.25, -0.2) is 0 Å². The standard InChI is InChI=1S/C17H21NO/c1-3-5-10-15(18)17-14-9-7-6-8-13(14)11-12-16(17)19-4-2/h3,6-9,11-12,15H,1,4-5,10,18H2,2H3/t15-/m0/s1. The Balaban J connectivity index is 2.51. The zero-order chi connectivity index (χ0) is 13.7. The van der Waals surface area contributed by atoms with Gasteiger partial charge in [0.05, 0.1) is 6.61 Å². The minimum absolute atomic E-state index is 0.0225. The molecule has 19 heavy (non-hydrogen) atoms. The summed E-state index contributed by atoms with van der Waals surface area (Å²) in [7, 11) is 0. The summed E-state index contributed by atoms with van der Waals surface area (Å²) in [6, 6.07) is 12.4. The molecule has 2 nitrogen and oxygen atoms in total. The molecule has 0 aliphatic rings. The van der Waals surface area contributed by atoms with E-state index in [0.29, 0.717) is 6.61 Å². The van der Waals surface area contributed by atoms with E-state index in [1.807, 2.05) is 31.2 Å². The number of rotatable bonds is 6. The van der Waals surface area contributed by atoms with Crippen molar-refractivity contribution in [1.29, 1.82) is 0 Å². The summed E-state index contributed by atoms with van der Waals surface area (Å²) in [5.74, 6) is 0.901. The van der Waals surface area contributed by atoms with Crippen molar-refractivity contribution >= 4 is 10.8 Å². The molecule has 0 fully saturated rings. The summed E-state index contributed by atoms with van der Waals surface area (Å²) >= 11 is 0. The quantitative estimate of drug-likeness (QED) is 0.785. The molecule has 0 unspecified atom stereocenters. The molecule has 0 spiro atoms. The second-order valence-electron chi connectivity index (χ2n) is 4.60. The van der Waals surface area contributed by atoms with E-state index < -0.39 is 0 Å². The highest BCUT2D eigenvalue weighted by Gasteiger charge is 2.15. The van der Waals surface area contributed by atoms with Gasteiger partial charge in [0.25, 0.3) is 0 Å². The monoisotopic (exact) mass is 255 g/mol. The van der Waals surface area contributed by atoms with Crippen molar-refractivity contribution in [3.05, 3.63) is 54.6 Å². The van der Waals surface area contributed by atoms with Crippen LogP contribution in [-0.4, -0.2) is 6.61 Å². The van der Waals surface area contributed by atoms with Crippen LogP contribution >= 0.6 is 0 Å². The molecule has 0 bridgehead atoms. The predicted octanol–water partition coefficient (Wildman–Crippen LogP) is 4.20. The van der Waals surface area contributed by atoms with Gasteiger partial charge in [-0.05, 0) is 36.6 Å². The first kappa shape index (κ1) is 13.6. The summed E-state index contributed by atoms with van der Waals surface area (Å²) in [5.41, 5.74) is 7.46. The lowest BCUT2D eigenvalue weighted by molar-refractivity contribution is 0.334. The Morgan fingerprint density at radius 1 is 1.26 bits per heavy atom. The number of benzene rings is 2. The zero-order valence-electron chi connectivity index (χ0n) is 11.4. The fourth-order valence-electron chi connectivity index (χ4n) is 2.38. The van der Waals surface area contributed by atoms with E-state index in [2.05, 4.69) is 24.8 Å². The van der Waals surface area contributed by atoms with Crippen molar-refractivity contribution in [2.75, 3.05) is 6.61 Å². The van der Waals surface area contributed by atoms with Crippen molar-refractivity contribution in [3.8, 4) is 5.75 Å². The number of ether oxygens (including phenoxy) is 1. The molecule has 100 valence electrons. The Labute approximate surface area is 114 Å². The van der Waals surface area contributed by atoms with Gasteiger partial charge in [0.15, 0.2) is 0 Å². The molecule has 1 atom stereocenters. The maximum atomic E-state index is 6.35. The van der Waals surface area contributed by atoms with E-state index in [0.717, 1.165) is 24.2 Å². The molecule has 2 aromatic carbocycles. The highest BCUT2D eigenvalue weighted by molar-refractivity contribution is 5.88. The largest absolute Gasteiger partial charge is 0.494 e. The van der Waals surface area contributed by atoms with Crippen LogP contribution in [0.4, 0.5) is 0 Å². The molecule has 2 heteroatoms. The van der Waals surface area contributed by atoms with Crippen LogP contribution in [0.15, 0.2) is 49.1 Å². The van der Waals surface area contributed by atoms with Gasteiger partial charge in [-0.1, -0.05) is 36.4 Å². The smallest absolute Gasteiger partial charge is 0.124 e. The summed E-state index contributed by atoms with van der Waals surface area (Å²) in [5, 5.41) is 2.39. The summed E-state index contributed by atoms with van der Waals surface area (Å²) in [4.78, 5) is 0. The van der Waals surface area contributed by atoms with E-state index in [1.54, 1.807) is 0 Å². The van der Waals surface area contributed by atoms with E-state index in [-0.39, 0.29) is 6.04 Å². The second-order valence-corrected chi connectivity index (χ2v) is 4.60. The fourth-order valence-corrected chi connectivity index (χ4v) is 2.38. The van der Waals surface area contributed by atoms with Crippen LogP contribution in [0.2, 0.25) is 0 Å². The van der Waals surface area contributed by atoms with Gasteiger partial charge in [0.1, 0.15) is 5.75 Å². The van der Waals surface area contributed by atoms with Gasteiger partial charge in [0.2, 0.25) is 0 Å². The maximum absolute atomic E-state index is 6.35. The Kier molecular flexibility index (Phi) is 4.58. The van der Waals surface area contributed by atoms with Gasteiger partial charge in [-0.15, -0.1) is 6.58 Å². The third-order valence-corrected chi connectivity index (χ3v) is 3.28. The summed E-state index contributed by atoms with van der Waals surface area (Å²) < 4.78 is 5.74. The van der Waals surface area contributed by atoms with Crippen LogP contribution < -0.4 is 10.5 Å². The zero-order valence-corrected chi connectivity index (χ0v) is 11.4. The Morgan fingerprint density at radius 2 is 2.05 bits per heavy atom. The maximum Gasteiger partial charge on any atom is 0.124 e. The number of hydrogen-bond acceptors (Lipinski definition) is 2. The molecule has 2 rings (SSSR count). The summed E-state index contributed by atoms with van der Waals surface area (Å²) in [6.45, 7) is 6.41. The number of fused-ring (bicyclic) bond motifs is 1. The van der Waals surface area contributed by atoms with Crippen LogP contribution in [-0.2, 0) is 0 Å². The molecular formula is C17H21NO. The molecule has 0 heterocycles. The minimum Gasteiger partial charge on any atom is -0.494 e. The molecule has 0 aromatic heterocycles. The second kappa shape index (κ2) is 6.39. The molecule has 0 saturated carbocycles. The Hall–Kier alpha value is -1.80. The Bertz CT molecular complexity index is 562. The van der Waals surface area contributed by atoms with Crippen molar-refractivity contribution in [2.45, 2.75) is 25.8 Å². The Morgan fingerprint density at radius 3 is 2.79 bits per heavy atom. The molecule has 2 N–H and O–H groups in total. The lowest BCUT2D eigenvalue weighted by atomic mass is 9.95. The first-order valence-electron chi connectivity index (χ1n) is 6.78. The highest BCUT2D eigenvalue weighted by atomic mass is 16.5.